The van der Waals surface area contributed by atoms with Crippen LogP contribution in [0.4, 0.5) is 0 Å². The van der Waals surface area contributed by atoms with Gasteiger partial charge in [0.05, 0.1) is 33.0 Å². The molecule has 2 N–H and O–H groups in total. The summed E-state index contributed by atoms with van der Waals surface area (Å²) in [7, 11) is 3.11. The van der Waals surface area contributed by atoms with Crippen LogP contribution in [0.5, 0.6) is 28.7 Å². The molecule has 0 fully saturated rings. The van der Waals surface area contributed by atoms with Crippen molar-refractivity contribution in [2.75, 3.05) is 47.1 Å². The van der Waals surface area contributed by atoms with Gasteiger partial charge in [-0.25, -0.2) is 0 Å². The summed E-state index contributed by atoms with van der Waals surface area (Å²) < 4.78 is 28.7. The molecule has 0 aliphatic rings. The average molecular weight is 670 g/mol. The molecular formula is C37H39N3O9. The summed E-state index contributed by atoms with van der Waals surface area (Å²) >= 11 is 0. The number of H-pyrrole nitrogens is 1. The Balaban J connectivity index is 1.25. The van der Waals surface area contributed by atoms with E-state index in [2.05, 4.69) is 33.3 Å². The average Bonchev–Trinajstić information content (AvgIpc) is 3.50. The predicted octanol–water partition coefficient (Wildman–Crippen LogP) is 6.61. The van der Waals surface area contributed by atoms with Crippen molar-refractivity contribution >= 4 is 33.9 Å². The van der Waals surface area contributed by atoms with Crippen LogP contribution < -0.4 is 29.0 Å². The molecule has 1 aromatic heterocycles. The number of benzene rings is 4. The quantitative estimate of drug-likeness (QED) is 0.0324. The number of aromatic nitrogens is 1. The number of nitrogens with one attached hydrogen (secondary N) is 2. The first-order valence-corrected chi connectivity index (χ1v) is 15.9. The van der Waals surface area contributed by atoms with Crippen molar-refractivity contribution in [2.24, 2.45) is 5.92 Å². The van der Waals surface area contributed by atoms with Gasteiger partial charge in [0.2, 0.25) is 0 Å². The zero-order valence-electron chi connectivity index (χ0n) is 27.4. The molecule has 1 heterocycles. The summed E-state index contributed by atoms with van der Waals surface area (Å²) in [6, 6.07) is 26.9. The van der Waals surface area contributed by atoms with Gasteiger partial charge in [0.15, 0.2) is 23.0 Å². The lowest BCUT2D eigenvalue weighted by Gasteiger charge is -2.17. The zero-order chi connectivity index (χ0) is 34.4. The van der Waals surface area contributed by atoms with E-state index in [0.29, 0.717) is 43.6 Å². The minimum Gasteiger partial charge on any atom is -0.493 e. The molecule has 12 nitrogen and oxygen atoms in total. The third-order valence-electron chi connectivity index (χ3n) is 7.65. The predicted molar refractivity (Wildman–Crippen MR) is 186 cm³/mol. The Morgan fingerprint density at radius 3 is 2.43 bits per heavy atom. The highest BCUT2D eigenvalue weighted by molar-refractivity contribution is 6.10. The molecule has 1 unspecified atom stereocenters. The molecule has 256 valence electrons. The molecule has 0 saturated heterocycles. The molecule has 4 aromatic carbocycles. The smallest absolute Gasteiger partial charge is 0.311 e. The number of methoxy groups -OCH3 is 2. The van der Waals surface area contributed by atoms with Crippen LogP contribution in [-0.2, 0) is 9.63 Å². The van der Waals surface area contributed by atoms with Crippen molar-refractivity contribution in [3.8, 4) is 28.7 Å². The molecule has 5 aromatic rings. The molecule has 1 atom stereocenters. The first-order valence-electron chi connectivity index (χ1n) is 15.9. The molecule has 49 heavy (non-hydrogen) atoms. The third-order valence-corrected chi connectivity index (χ3v) is 7.65. The van der Waals surface area contributed by atoms with Crippen molar-refractivity contribution in [3.05, 3.63) is 107 Å². The summed E-state index contributed by atoms with van der Waals surface area (Å²) in [6.45, 7) is 1.89. The molecule has 5 rings (SSSR count). The van der Waals surface area contributed by atoms with Gasteiger partial charge >= 0.3 is 5.97 Å². The van der Waals surface area contributed by atoms with E-state index in [1.807, 2.05) is 66.7 Å². The molecule has 12 heteroatoms. The molecule has 0 saturated carbocycles. The standard InChI is InChI=1S/C37H39N3O9/c1-44-31-12-5-6-13-32(31)46-22-20-38-24-27(25-47-34-14-7-11-30-37(34)28-9-3-4-10-29(28)39-30)17-16-26-18-19-33(35(23-26)45-2)49-36(41)15-8-21-48-40(42)43/h3-7,9-14,16-19,23,27,38-39H,8,15,20-22,24-25H2,1-2H3/b17-16+. The van der Waals surface area contributed by atoms with Gasteiger partial charge in [-0.15, -0.1) is 10.1 Å². The fraction of sp³-hybridized carbons (Fsp3) is 0.270. The number of nitrogens with zero attached hydrogens (tertiary/aromatic N) is 1. The van der Waals surface area contributed by atoms with Gasteiger partial charge in [-0.2, -0.15) is 0 Å². The second-order valence-electron chi connectivity index (χ2n) is 11.0. The minimum atomic E-state index is -0.893. The molecular weight excluding hydrogens is 630 g/mol. The molecule has 0 spiro atoms. The van der Waals surface area contributed by atoms with Crippen molar-refractivity contribution in [3.63, 3.8) is 0 Å². The monoisotopic (exact) mass is 669 g/mol. The Bertz CT molecular complexity index is 1890. The Morgan fingerprint density at radius 1 is 0.857 bits per heavy atom. The van der Waals surface area contributed by atoms with E-state index in [9.17, 15) is 14.9 Å². The number of carbonyl (C=O) groups is 1. The lowest BCUT2D eigenvalue weighted by atomic mass is 10.1. The Kier molecular flexibility index (Phi) is 12.3. The van der Waals surface area contributed by atoms with E-state index in [-0.39, 0.29) is 31.1 Å². The highest BCUT2D eigenvalue weighted by atomic mass is 16.9. The van der Waals surface area contributed by atoms with Crippen LogP contribution in [0.25, 0.3) is 27.9 Å². The fourth-order valence-corrected chi connectivity index (χ4v) is 5.28. The largest absolute Gasteiger partial charge is 0.493 e. The van der Waals surface area contributed by atoms with E-state index in [1.165, 1.54) is 7.11 Å². The van der Waals surface area contributed by atoms with E-state index in [1.54, 1.807) is 19.2 Å². The minimum absolute atomic E-state index is 0.0309. The lowest BCUT2D eigenvalue weighted by molar-refractivity contribution is -0.757. The molecule has 0 radical (unpaired) electrons. The van der Waals surface area contributed by atoms with E-state index in [0.717, 1.165) is 33.1 Å². The van der Waals surface area contributed by atoms with Crippen LogP contribution in [0.3, 0.4) is 0 Å². The third kappa shape index (κ3) is 9.64. The number of para-hydroxylation sites is 3. The van der Waals surface area contributed by atoms with Gasteiger partial charge in [-0.3, -0.25) is 4.79 Å². The normalized spacial score (nSPS) is 11.8. The van der Waals surface area contributed by atoms with E-state index >= 15 is 0 Å². The second kappa shape index (κ2) is 17.4. The maximum atomic E-state index is 12.3. The number of hydrogen-bond donors (Lipinski definition) is 2. The number of fused-ring (bicyclic) bond motifs is 3. The van der Waals surface area contributed by atoms with Crippen LogP contribution >= 0.6 is 0 Å². The number of hydrogen-bond acceptors (Lipinski definition) is 10. The van der Waals surface area contributed by atoms with Crippen molar-refractivity contribution in [1.29, 1.82) is 0 Å². The molecule has 0 bridgehead atoms. The van der Waals surface area contributed by atoms with E-state index < -0.39 is 11.1 Å². The van der Waals surface area contributed by atoms with Gasteiger partial charge in [0.25, 0.3) is 5.09 Å². The van der Waals surface area contributed by atoms with Crippen molar-refractivity contribution in [1.82, 2.24) is 10.3 Å². The van der Waals surface area contributed by atoms with Crippen molar-refractivity contribution < 1.29 is 38.4 Å². The van der Waals surface area contributed by atoms with Crippen LogP contribution in [0, 0.1) is 16.0 Å². The van der Waals surface area contributed by atoms with Gasteiger partial charge in [0.1, 0.15) is 12.4 Å². The number of aromatic amines is 1. The van der Waals surface area contributed by atoms with Crippen LogP contribution in [-0.4, -0.2) is 63.2 Å². The van der Waals surface area contributed by atoms with Gasteiger partial charge in [-0.1, -0.05) is 54.6 Å². The highest BCUT2D eigenvalue weighted by Crippen LogP contribution is 2.33. The fourth-order valence-electron chi connectivity index (χ4n) is 5.28. The molecule has 0 amide bonds. The summed E-state index contributed by atoms with van der Waals surface area (Å²) in [4.78, 5) is 30.3. The SMILES string of the molecule is COc1ccccc1OCCNCC(/C=C/c1ccc(OC(=O)CCCO[N+](=O)[O-])c(OC)c1)COc1cccc2[nH]c3ccccc3c12. The molecule has 0 aliphatic carbocycles. The second-order valence-corrected chi connectivity index (χ2v) is 11.0. The van der Waals surface area contributed by atoms with Gasteiger partial charge in [-0.05, 0) is 54.4 Å². The van der Waals surface area contributed by atoms with Crippen LogP contribution in [0.1, 0.15) is 18.4 Å². The maximum absolute atomic E-state index is 12.3. The number of ether oxygens (including phenoxy) is 5. The first kappa shape index (κ1) is 34.6. The molecule has 0 aliphatic heterocycles. The highest BCUT2D eigenvalue weighted by Gasteiger charge is 2.14. The van der Waals surface area contributed by atoms with Crippen LogP contribution in [0.2, 0.25) is 0 Å². The number of esters is 1. The topological polar surface area (TPSA) is 143 Å². The number of rotatable bonds is 19. The van der Waals surface area contributed by atoms with E-state index in [4.69, 9.17) is 23.7 Å². The summed E-state index contributed by atoms with van der Waals surface area (Å²) in [5, 5.41) is 15.0. The maximum Gasteiger partial charge on any atom is 0.311 e. The summed E-state index contributed by atoms with van der Waals surface area (Å²) in [5.74, 6) is 2.22. The Morgan fingerprint density at radius 2 is 1.61 bits per heavy atom. The van der Waals surface area contributed by atoms with Gasteiger partial charge in [0, 0.05) is 41.7 Å². The van der Waals surface area contributed by atoms with Crippen LogP contribution in [0.15, 0.2) is 91.0 Å². The summed E-state index contributed by atoms with van der Waals surface area (Å²) in [5.41, 5.74) is 2.89. The number of carbonyl (C=O) groups excluding carboxylic acids is 1. The Hall–Kier alpha value is -5.75. The van der Waals surface area contributed by atoms with Crippen molar-refractivity contribution in [2.45, 2.75) is 12.8 Å². The summed E-state index contributed by atoms with van der Waals surface area (Å²) in [6.07, 6.45) is 4.15. The zero-order valence-corrected chi connectivity index (χ0v) is 27.4. The Labute approximate surface area is 283 Å². The lowest BCUT2D eigenvalue weighted by Crippen LogP contribution is -2.29. The first-order chi connectivity index (χ1) is 23.9. The van der Waals surface area contributed by atoms with Gasteiger partial charge < -0.3 is 38.8 Å².